The summed E-state index contributed by atoms with van der Waals surface area (Å²) in [6.07, 6.45) is 4.50. The van der Waals surface area contributed by atoms with E-state index in [1.54, 1.807) is 0 Å². The van der Waals surface area contributed by atoms with E-state index in [-0.39, 0.29) is 15.7 Å². The summed E-state index contributed by atoms with van der Waals surface area (Å²) in [7, 11) is -3.52. The van der Waals surface area contributed by atoms with E-state index in [0.717, 1.165) is 6.42 Å². The first-order valence-electron chi connectivity index (χ1n) is 5.40. The molecule has 0 bridgehead atoms. The zero-order valence-electron chi connectivity index (χ0n) is 9.19. The highest BCUT2D eigenvalue weighted by molar-refractivity contribution is 7.89. The lowest BCUT2D eigenvalue weighted by Crippen LogP contribution is -2.25. The quantitative estimate of drug-likeness (QED) is 0.850. The van der Waals surface area contributed by atoms with Gasteiger partial charge in [0.05, 0.1) is 5.02 Å². The molecule has 3 N–H and O–H groups in total. The Kier molecular flexibility index (Phi) is 3.56. The van der Waals surface area contributed by atoms with Gasteiger partial charge in [0.1, 0.15) is 10.7 Å². The summed E-state index contributed by atoms with van der Waals surface area (Å²) in [6.45, 7) is 0.453. The number of hydrogen-bond donors (Lipinski definition) is 2. The zero-order valence-corrected chi connectivity index (χ0v) is 10.8. The van der Waals surface area contributed by atoms with Gasteiger partial charge in [-0.2, -0.15) is 0 Å². The Morgan fingerprint density at radius 1 is 1.53 bits per heavy atom. The van der Waals surface area contributed by atoms with Gasteiger partial charge in [-0.15, -0.1) is 0 Å². The van der Waals surface area contributed by atoms with Crippen molar-refractivity contribution in [2.75, 3.05) is 12.3 Å². The van der Waals surface area contributed by atoms with Crippen molar-refractivity contribution in [3.63, 3.8) is 0 Å². The molecule has 0 aliphatic heterocycles. The molecule has 1 aliphatic carbocycles. The summed E-state index contributed by atoms with van der Waals surface area (Å²) >= 11 is 5.73. The Hall–Kier alpha value is -0.850. The Morgan fingerprint density at radius 2 is 2.24 bits per heavy atom. The SMILES string of the molecule is Nc1ncc(S(=O)(=O)NCCC2CC2)cc1Cl. The van der Waals surface area contributed by atoms with Crippen molar-refractivity contribution in [3.8, 4) is 0 Å². The van der Waals surface area contributed by atoms with Gasteiger partial charge in [-0.1, -0.05) is 24.4 Å². The molecule has 5 nitrogen and oxygen atoms in total. The molecule has 1 aliphatic rings. The zero-order chi connectivity index (χ0) is 12.5. The molecule has 1 aromatic heterocycles. The second-order valence-electron chi connectivity index (χ2n) is 4.17. The second kappa shape index (κ2) is 4.80. The van der Waals surface area contributed by atoms with Gasteiger partial charge in [-0.3, -0.25) is 0 Å². The highest BCUT2D eigenvalue weighted by atomic mass is 35.5. The number of halogens is 1. The third-order valence-corrected chi connectivity index (χ3v) is 4.43. The van der Waals surface area contributed by atoms with Gasteiger partial charge in [0.25, 0.3) is 0 Å². The minimum Gasteiger partial charge on any atom is -0.382 e. The maximum atomic E-state index is 11.8. The van der Waals surface area contributed by atoms with E-state index in [0.29, 0.717) is 12.5 Å². The molecule has 0 aromatic carbocycles. The van der Waals surface area contributed by atoms with Crippen molar-refractivity contribution >= 4 is 27.4 Å². The summed E-state index contributed by atoms with van der Waals surface area (Å²) in [5.41, 5.74) is 5.42. The third-order valence-electron chi connectivity index (χ3n) is 2.70. The molecule has 0 radical (unpaired) electrons. The van der Waals surface area contributed by atoms with Crippen LogP contribution in [0.3, 0.4) is 0 Å². The van der Waals surface area contributed by atoms with Crippen LogP contribution in [0.5, 0.6) is 0 Å². The van der Waals surface area contributed by atoms with Gasteiger partial charge >= 0.3 is 0 Å². The Labute approximate surface area is 105 Å². The molecule has 1 aromatic rings. The molecular formula is C10H14ClN3O2S. The molecule has 0 unspecified atom stereocenters. The third kappa shape index (κ3) is 3.31. The predicted molar refractivity (Wildman–Crippen MR) is 66.2 cm³/mol. The van der Waals surface area contributed by atoms with Crippen LogP contribution < -0.4 is 10.5 Å². The van der Waals surface area contributed by atoms with Crippen LogP contribution in [0.15, 0.2) is 17.2 Å². The maximum Gasteiger partial charge on any atom is 0.242 e. The largest absolute Gasteiger partial charge is 0.382 e. The number of nitrogens with zero attached hydrogens (tertiary/aromatic N) is 1. The van der Waals surface area contributed by atoms with E-state index in [4.69, 9.17) is 17.3 Å². The van der Waals surface area contributed by atoms with Crippen molar-refractivity contribution in [2.45, 2.75) is 24.2 Å². The minimum atomic E-state index is -3.52. The lowest BCUT2D eigenvalue weighted by atomic mass is 10.3. The molecule has 2 rings (SSSR count). The molecule has 94 valence electrons. The smallest absolute Gasteiger partial charge is 0.242 e. The van der Waals surface area contributed by atoms with Gasteiger partial charge in [-0.05, 0) is 18.4 Å². The van der Waals surface area contributed by atoms with Gasteiger partial charge in [0.15, 0.2) is 0 Å². The fourth-order valence-electron chi connectivity index (χ4n) is 1.47. The molecule has 1 saturated carbocycles. The Bertz CT molecular complexity index is 514. The van der Waals surface area contributed by atoms with Crippen molar-refractivity contribution in [1.29, 1.82) is 0 Å². The minimum absolute atomic E-state index is 0.0486. The first-order valence-corrected chi connectivity index (χ1v) is 7.26. The fourth-order valence-corrected chi connectivity index (χ4v) is 2.71. The predicted octanol–water partition coefficient (Wildman–Crippen LogP) is 1.40. The summed E-state index contributed by atoms with van der Waals surface area (Å²) in [6, 6.07) is 1.31. The molecule has 0 amide bonds. The normalized spacial score (nSPS) is 16.1. The molecule has 7 heteroatoms. The number of nitrogen functional groups attached to an aromatic ring is 1. The number of anilines is 1. The van der Waals surface area contributed by atoms with Crippen LogP contribution in [0.4, 0.5) is 5.82 Å². The molecular weight excluding hydrogens is 262 g/mol. The van der Waals surface area contributed by atoms with Crippen LogP contribution in [0.2, 0.25) is 5.02 Å². The molecule has 1 fully saturated rings. The van der Waals surface area contributed by atoms with E-state index in [9.17, 15) is 8.42 Å². The van der Waals surface area contributed by atoms with Crippen molar-refractivity contribution in [2.24, 2.45) is 5.92 Å². The van der Waals surface area contributed by atoms with Gasteiger partial charge in [0, 0.05) is 12.7 Å². The Balaban J connectivity index is 2.04. The van der Waals surface area contributed by atoms with E-state index in [1.165, 1.54) is 25.1 Å². The van der Waals surface area contributed by atoms with Gasteiger partial charge in [-0.25, -0.2) is 18.1 Å². The number of rotatable bonds is 5. The number of sulfonamides is 1. The van der Waals surface area contributed by atoms with E-state index in [2.05, 4.69) is 9.71 Å². The molecule has 0 saturated heterocycles. The molecule has 1 heterocycles. The number of hydrogen-bond acceptors (Lipinski definition) is 4. The highest BCUT2D eigenvalue weighted by Gasteiger charge is 2.22. The molecule has 0 spiro atoms. The van der Waals surface area contributed by atoms with Gasteiger partial charge < -0.3 is 5.73 Å². The first kappa shape index (κ1) is 12.6. The van der Waals surface area contributed by atoms with Crippen LogP contribution in [-0.4, -0.2) is 19.9 Å². The number of pyridine rings is 1. The Morgan fingerprint density at radius 3 is 2.82 bits per heavy atom. The number of aromatic nitrogens is 1. The lowest BCUT2D eigenvalue weighted by Gasteiger charge is -2.06. The van der Waals surface area contributed by atoms with Crippen LogP contribution >= 0.6 is 11.6 Å². The lowest BCUT2D eigenvalue weighted by molar-refractivity contribution is 0.575. The first-order chi connectivity index (χ1) is 7.99. The molecule has 0 atom stereocenters. The molecule has 17 heavy (non-hydrogen) atoms. The van der Waals surface area contributed by atoms with E-state index >= 15 is 0 Å². The summed E-state index contributed by atoms with van der Waals surface area (Å²) in [4.78, 5) is 3.78. The van der Waals surface area contributed by atoms with Crippen molar-refractivity contribution < 1.29 is 8.42 Å². The van der Waals surface area contributed by atoms with E-state index in [1.807, 2.05) is 0 Å². The second-order valence-corrected chi connectivity index (χ2v) is 6.34. The topological polar surface area (TPSA) is 85.1 Å². The number of nitrogens with one attached hydrogen (secondary N) is 1. The fraction of sp³-hybridized carbons (Fsp3) is 0.500. The maximum absolute atomic E-state index is 11.8. The monoisotopic (exact) mass is 275 g/mol. The average molecular weight is 276 g/mol. The summed E-state index contributed by atoms with van der Waals surface area (Å²) in [5.74, 6) is 0.814. The highest BCUT2D eigenvalue weighted by Crippen LogP contribution is 2.31. The van der Waals surface area contributed by atoms with E-state index < -0.39 is 10.0 Å². The van der Waals surface area contributed by atoms with Gasteiger partial charge in [0.2, 0.25) is 10.0 Å². The van der Waals surface area contributed by atoms with Crippen molar-refractivity contribution in [3.05, 3.63) is 17.3 Å². The average Bonchev–Trinajstić information content (AvgIpc) is 3.05. The summed E-state index contributed by atoms with van der Waals surface area (Å²) in [5, 5.41) is 0.148. The standard InChI is InChI=1S/C10H14ClN3O2S/c11-9-5-8(6-13-10(9)12)17(15,16)14-4-3-7-1-2-7/h5-7,14H,1-4H2,(H2,12,13). The van der Waals surface area contributed by atoms with Crippen LogP contribution in [0, 0.1) is 5.92 Å². The van der Waals surface area contributed by atoms with Crippen LogP contribution in [-0.2, 0) is 10.0 Å². The summed E-state index contributed by atoms with van der Waals surface area (Å²) < 4.78 is 26.2. The number of nitrogens with two attached hydrogens (primary N) is 1. The van der Waals surface area contributed by atoms with Crippen molar-refractivity contribution in [1.82, 2.24) is 9.71 Å². The van der Waals surface area contributed by atoms with Crippen LogP contribution in [0.25, 0.3) is 0 Å². The van der Waals surface area contributed by atoms with Crippen LogP contribution in [0.1, 0.15) is 19.3 Å².